The first-order chi connectivity index (χ1) is 10.2. The molecule has 0 heterocycles. The first kappa shape index (κ1) is 15.0. The van der Waals surface area contributed by atoms with Crippen LogP contribution >= 0.6 is 11.6 Å². The van der Waals surface area contributed by atoms with Crippen molar-refractivity contribution in [1.29, 1.82) is 5.26 Å². The molecule has 21 heavy (non-hydrogen) atoms. The molecule has 2 aromatic carbocycles. The normalized spacial score (nSPS) is 9.76. The lowest BCUT2D eigenvalue weighted by atomic mass is 10.2. The Kier molecular flexibility index (Phi) is 5.30. The van der Waals surface area contributed by atoms with Gasteiger partial charge in [0, 0.05) is 18.2 Å². The number of anilines is 1. The van der Waals surface area contributed by atoms with Crippen molar-refractivity contribution in [2.75, 3.05) is 19.0 Å². The largest absolute Gasteiger partial charge is 0.497 e. The van der Waals surface area contributed by atoms with Crippen molar-refractivity contribution in [3.8, 4) is 17.6 Å². The lowest BCUT2D eigenvalue weighted by Gasteiger charge is -2.13. The van der Waals surface area contributed by atoms with Gasteiger partial charge in [-0.3, -0.25) is 0 Å². The van der Waals surface area contributed by atoms with Gasteiger partial charge in [0.25, 0.3) is 0 Å². The summed E-state index contributed by atoms with van der Waals surface area (Å²) >= 11 is 6.15. The molecule has 0 aliphatic heterocycles. The molecule has 0 saturated carbocycles. The monoisotopic (exact) mass is 302 g/mol. The second-order valence-corrected chi connectivity index (χ2v) is 4.66. The molecule has 0 aliphatic rings. The van der Waals surface area contributed by atoms with Crippen LogP contribution in [0, 0.1) is 11.3 Å². The number of nitriles is 1. The van der Waals surface area contributed by atoms with E-state index < -0.39 is 0 Å². The molecule has 0 saturated heterocycles. The van der Waals surface area contributed by atoms with Crippen LogP contribution < -0.4 is 14.8 Å². The number of halogens is 1. The van der Waals surface area contributed by atoms with Crippen LogP contribution in [0.4, 0.5) is 5.69 Å². The third-order valence-corrected chi connectivity index (χ3v) is 3.24. The van der Waals surface area contributed by atoms with Crippen LogP contribution in [0.3, 0.4) is 0 Å². The predicted octanol–water partition coefficient (Wildman–Crippen LogP) is 3.86. The Bertz CT molecular complexity index is 653. The maximum Gasteiger partial charge on any atom is 0.174 e. The van der Waals surface area contributed by atoms with E-state index in [9.17, 15) is 0 Å². The maximum absolute atomic E-state index is 8.60. The molecule has 108 valence electrons. The lowest BCUT2D eigenvalue weighted by molar-refractivity contribution is 0.364. The predicted molar refractivity (Wildman–Crippen MR) is 82.9 cm³/mol. The van der Waals surface area contributed by atoms with E-state index in [0.717, 1.165) is 17.0 Å². The molecular formula is C16H15ClN2O2. The van der Waals surface area contributed by atoms with Crippen molar-refractivity contribution in [3.05, 3.63) is 53.1 Å². The van der Waals surface area contributed by atoms with E-state index in [1.807, 2.05) is 36.4 Å². The van der Waals surface area contributed by atoms with Gasteiger partial charge in [-0.2, -0.15) is 5.26 Å². The third kappa shape index (κ3) is 4.04. The SMILES string of the molecule is COc1ccc(Cl)c(NCc2ccccc2OCC#N)c1. The summed E-state index contributed by atoms with van der Waals surface area (Å²) in [5.74, 6) is 1.42. The van der Waals surface area contributed by atoms with Gasteiger partial charge in [0.15, 0.2) is 6.61 Å². The Labute approximate surface area is 128 Å². The summed E-state index contributed by atoms with van der Waals surface area (Å²) in [6.07, 6.45) is 0. The van der Waals surface area contributed by atoms with Gasteiger partial charge in [-0.1, -0.05) is 29.8 Å². The van der Waals surface area contributed by atoms with Gasteiger partial charge in [-0.25, -0.2) is 0 Å². The standard InChI is InChI=1S/C16H15ClN2O2/c1-20-13-6-7-14(17)15(10-13)19-11-12-4-2-3-5-16(12)21-9-8-18/h2-7,10,19H,9,11H2,1H3. The van der Waals surface area contributed by atoms with Crippen molar-refractivity contribution in [2.45, 2.75) is 6.54 Å². The molecule has 0 radical (unpaired) electrons. The third-order valence-electron chi connectivity index (χ3n) is 2.91. The van der Waals surface area contributed by atoms with Gasteiger partial charge in [0.2, 0.25) is 0 Å². The van der Waals surface area contributed by atoms with Crippen molar-refractivity contribution < 1.29 is 9.47 Å². The highest BCUT2D eigenvalue weighted by molar-refractivity contribution is 6.33. The molecule has 0 fully saturated rings. The number of nitrogens with zero attached hydrogens (tertiary/aromatic N) is 1. The van der Waals surface area contributed by atoms with Crippen LogP contribution in [0.25, 0.3) is 0 Å². The van der Waals surface area contributed by atoms with E-state index in [0.29, 0.717) is 17.3 Å². The maximum atomic E-state index is 8.60. The first-order valence-electron chi connectivity index (χ1n) is 6.39. The number of hydrogen-bond donors (Lipinski definition) is 1. The summed E-state index contributed by atoms with van der Waals surface area (Å²) in [4.78, 5) is 0. The van der Waals surface area contributed by atoms with Crippen molar-refractivity contribution in [3.63, 3.8) is 0 Å². The molecule has 5 heteroatoms. The highest BCUT2D eigenvalue weighted by atomic mass is 35.5. The number of benzene rings is 2. The van der Waals surface area contributed by atoms with E-state index in [1.54, 1.807) is 19.2 Å². The number of methoxy groups -OCH3 is 1. The van der Waals surface area contributed by atoms with Crippen LogP contribution in [0.5, 0.6) is 11.5 Å². The molecule has 0 amide bonds. The van der Waals surface area contributed by atoms with Crippen molar-refractivity contribution >= 4 is 17.3 Å². The van der Waals surface area contributed by atoms with Gasteiger partial charge in [0.1, 0.15) is 17.6 Å². The molecule has 0 spiro atoms. The molecule has 2 aromatic rings. The number of rotatable bonds is 6. The number of nitrogens with one attached hydrogen (secondary N) is 1. The quantitative estimate of drug-likeness (QED) is 0.880. The fourth-order valence-corrected chi connectivity index (χ4v) is 2.04. The van der Waals surface area contributed by atoms with Crippen molar-refractivity contribution in [2.24, 2.45) is 0 Å². The second kappa shape index (κ2) is 7.41. The number of ether oxygens (including phenoxy) is 2. The topological polar surface area (TPSA) is 54.3 Å². The average molecular weight is 303 g/mol. The van der Waals surface area contributed by atoms with Crippen LogP contribution in [0.2, 0.25) is 5.02 Å². The van der Waals surface area contributed by atoms with Gasteiger partial charge >= 0.3 is 0 Å². The molecule has 2 rings (SSSR count). The molecule has 4 nitrogen and oxygen atoms in total. The zero-order valence-corrected chi connectivity index (χ0v) is 12.4. The summed E-state index contributed by atoms with van der Waals surface area (Å²) in [6.45, 7) is 0.561. The minimum Gasteiger partial charge on any atom is -0.497 e. The second-order valence-electron chi connectivity index (χ2n) is 4.25. The summed E-state index contributed by atoms with van der Waals surface area (Å²) < 4.78 is 10.6. The summed E-state index contributed by atoms with van der Waals surface area (Å²) in [7, 11) is 1.61. The molecule has 0 bridgehead atoms. The Morgan fingerprint density at radius 3 is 2.81 bits per heavy atom. The van der Waals surface area contributed by atoms with E-state index >= 15 is 0 Å². The smallest absolute Gasteiger partial charge is 0.174 e. The highest BCUT2D eigenvalue weighted by Crippen LogP contribution is 2.28. The minimum atomic E-state index is 0.0247. The first-order valence-corrected chi connectivity index (χ1v) is 6.77. The number of hydrogen-bond acceptors (Lipinski definition) is 4. The van der Waals surface area contributed by atoms with E-state index in [-0.39, 0.29) is 6.61 Å². The molecular weight excluding hydrogens is 288 g/mol. The minimum absolute atomic E-state index is 0.0247. The molecule has 1 N–H and O–H groups in total. The fourth-order valence-electron chi connectivity index (χ4n) is 1.86. The Morgan fingerprint density at radius 2 is 2.05 bits per heavy atom. The van der Waals surface area contributed by atoms with Gasteiger partial charge in [0.05, 0.1) is 17.8 Å². The van der Waals surface area contributed by atoms with Gasteiger partial charge in [-0.15, -0.1) is 0 Å². The Morgan fingerprint density at radius 1 is 1.24 bits per heavy atom. The Balaban J connectivity index is 2.11. The summed E-state index contributed by atoms with van der Waals surface area (Å²) in [5, 5.41) is 12.5. The van der Waals surface area contributed by atoms with Crippen LogP contribution in [-0.4, -0.2) is 13.7 Å². The Hall–Kier alpha value is -2.38. The fraction of sp³-hybridized carbons (Fsp3) is 0.188. The van der Waals surface area contributed by atoms with Gasteiger partial charge in [-0.05, 0) is 18.2 Å². The highest BCUT2D eigenvalue weighted by Gasteiger charge is 2.06. The van der Waals surface area contributed by atoms with E-state index in [4.69, 9.17) is 26.3 Å². The van der Waals surface area contributed by atoms with Crippen LogP contribution in [0.15, 0.2) is 42.5 Å². The van der Waals surface area contributed by atoms with E-state index in [2.05, 4.69) is 5.32 Å². The zero-order valence-electron chi connectivity index (χ0n) is 11.6. The van der Waals surface area contributed by atoms with E-state index in [1.165, 1.54) is 0 Å². The van der Waals surface area contributed by atoms with Crippen LogP contribution in [0.1, 0.15) is 5.56 Å². The average Bonchev–Trinajstić information content (AvgIpc) is 2.53. The number of para-hydroxylation sites is 1. The van der Waals surface area contributed by atoms with Crippen molar-refractivity contribution in [1.82, 2.24) is 0 Å². The molecule has 0 aromatic heterocycles. The van der Waals surface area contributed by atoms with Crippen LogP contribution in [-0.2, 0) is 6.54 Å². The molecule has 0 aliphatic carbocycles. The zero-order chi connectivity index (χ0) is 15.1. The summed E-state index contributed by atoms with van der Waals surface area (Å²) in [5.41, 5.74) is 1.73. The summed E-state index contributed by atoms with van der Waals surface area (Å²) in [6, 6.07) is 14.9. The van der Waals surface area contributed by atoms with Gasteiger partial charge < -0.3 is 14.8 Å². The molecule has 0 unspecified atom stereocenters. The molecule has 0 atom stereocenters. The lowest BCUT2D eigenvalue weighted by Crippen LogP contribution is -2.04.